The van der Waals surface area contributed by atoms with E-state index in [1.807, 2.05) is 53.1 Å². The number of anilines is 1. The Morgan fingerprint density at radius 3 is 2.47 bits per heavy atom. The predicted molar refractivity (Wildman–Crippen MR) is 131 cm³/mol. The molecule has 0 unspecified atom stereocenters. The first-order valence-corrected chi connectivity index (χ1v) is 12.7. The van der Waals surface area contributed by atoms with Crippen molar-refractivity contribution in [2.45, 2.75) is 18.9 Å². The maximum atomic E-state index is 12.3. The van der Waals surface area contributed by atoms with E-state index < -0.39 is 10.0 Å². The van der Waals surface area contributed by atoms with E-state index in [1.54, 1.807) is 18.3 Å². The Kier molecular flexibility index (Phi) is 5.76. The molecule has 2 heterocycles. The third-order valence-corrected chi connectivity index (χ3v) is 6.37. The average Bonchev–Trinajstić information content (AvgIpc) is 3.54. The minimum Gasteiger partial charge on any atom is -0.366 e. The van der Waals surface area contributed by atoms with Gasteiger partial charge in [-0.2, -0.15) is 0 Å². The van der Waals surface area contributed by atoms with Gasteiger partial charge in [-0.15, -0.1) is 0 Å². The van der Waals surface area contributed by atoms with Gasteiger partial charge in [0.1, 0.15) is 0 Å². The minimum absolute atomic E-state index is 0.0656. The average molecular weight is 477 g/mol. The summed E-state index contributed by atoms with van der Waals surface area (Å²) in [6, 6.07) is 17.4. The number of carbonyl (C=O) groups is 1. The fourth-order valence-corrected chi connectivity index (χ4v) is 4.06. The molecule has 0 radical (unpaired) electrons. The molecule has 4 aromatic rings. The number of sulfonamides is 1. The molecule has 1 fully saturated rings. The maximum absolute atomic E-state index is 12.3. The van der Waals surface area contributed by atoms with E-state index in [0.717, 1.165) is 29.7 Å². The van der Waals surface area contributed by atoms with Crippen LogP contribution in [0, 0.1) is 0 Å². The molecule has 5 rings (SSSR count). The molecule has 34 heavy (non-hydrogen) atoms. The van der Waals surface area contributed by atoms with Gasteiger partial charge >= 0.3 is 0 Å². The Balaban J connectivity index is 1.52. The highest BCUT2D eigenvalue weighted by Crippen LogP contribution is 2.28. The van der Waals surface area contributed by atoms with Gasteiger partial charge < -0.3 is 10.6 Å². The van der Waals surface area contributed by atoms with Crippen LogP contribution in [0.5, 0.6) is 0 Å². The number of nitrogens with one attached hydrogen (secondary N) is 2. The van der Waals surface area contributed by atoms with Gasteiger partial charge in [0.15, 0.2) is 11.5 Å². The SMILES string of the molecule is NS(=O)(=O)CCNc1nc(-c2ccccc2)cn2c(-c3ccc(C(=O)NC4CC4)cc3)cnc12. The van der Waals surface area contributed by atoms with Crippen LogP contribution in [0.15, 0.2) is 67.0 Å². The van der Waals surface area contributed by atoms with E-state index in [9.17, 15) is 13.2 Å². The van der Waals surface area contributed by atoms with Gasteiger partial charge in [-0.25, -0.2) is 23.5 Å². The van der Waals surface area contributed by atoms with E-state index in [1.165, 1.54) is 0 Å². The lowest BCUT2D eigenvalue weighted by Gasteiger charge is -2.11. The van der Waals surface area contributed by atoms with Crippen LogP contribution >= 0.6 is 0 Å². The van der Waals surface area contributed by atoms with Crippen LogP contribution in [0.1, 0.15) is 23.2 Å². The summed E-state index contributed by atoms with van der Waals surface area (Å²) in [4.78, 5) is 21.5. The van der Waals surface area contributed by atoms with Crippen LogP contribution in [0.4, 0.5) is 5.82 Å². The van der Waals surface area contributed by atoms with Crippen LogP contribution in [-0.2, 0) is 10.0 Å². The molecule has 0 spiro atoms. The molecule has 4 N–H and O–H groups in total. The monoisotopic (exact) mass is 476 g/mol. The number of nitrogens with zero attached hydrogens (tertiary/aromatic N) is 3. The third-order valence-electron chi connectivity index (χ3n) is 5.60. The van der Waals surface area contributed by atoms with E-state index >= 15 is 0 Å². The van der Waals surface area contributed by atoms with Gasteiger partial charge in [0.25, 0.3) is 5.91 Å². The second kappa shape index (κ2) is 8.88. The molecule has 0 aliphatic heterocycles. The summed E-state index contributed by atoms with van der Waals surface area (Å²) in [5.41, 5.74) is 4.48. The number of carbonyl (C=O) groups excluding carboxylic acids is 1. The summed E-state index contributed by atoms with van der Waals surface area (Å²) in [5, 5.41) is 11.2. The van der Waals surface area contributed by atoms with E-state index in [4.69, 9.17) is 5.14 Å². The van der Waals surface area contributed by atoms with E-state index in [2.05, 4.69) is 20.6 Å². The standard InChI is InChI=1S/C24H24N6O3S/c25-34(32,33)13-12-26-22-23-27-14-21(30(23)15-20(29-22)16-4-2-1-3-5-16)17-6-8-18(9-7-17)24(31)28-19-10-11-19/h1-9,14-15,19H,10-13H2,(H,26,29)(H,28,31)(H2,25,32,33). The zero-order chi connectivity index (χ0) is 23.7. The van der Waals surface area contributed by atoms with Crippen molar-refractivity contribution < 1.29 is 13.2 Å². The minimum atomic E-state index is -3.61. The summed E-state index contributed by atoms with van der Waals surface area (Å²) in [5.74, 6) is 0.162. The normalized spacial score (nSPS) is 13.7. The van der Waals surface area contributed by atoms with Gasteiger partial charge in [-0.05, 0) is 25.0 Å². The largest absolute Gasteiger partial charge is 0.366 e. The highest BCUT2D eigenvalue weighted by Gasteiger charge is 2.23. The Bertz CT molecular complexity index is 1450. The topological polar surface area (TPSA) is 131 Å². The van der Waals surface area contributed by atoms with Crippen molar-refractivity contribution in [2.24, 2.45) is 5.14 Å². The van der Waals surface area contributed by atoms with Gasteiger partial charge in [-0.1, -0.05) is 42.5 Å². The fourth-order valence-electron chi connectivity index (χ4n) is 3.67. The molecule has 2 aromatic carbocycles. The summed E-state index contributed by atoms with van der Waals surface area (Å²) in [6.45, 7) is 0.104. The molecular formula is C24H24N6O3S. The zero-order valence-corrected chi connectivity index (χ0v) is 19.1. The molecule has 10 heteroatoms. The number of primary sulfonamides is 1. The van der Waals surface area contributed by atoms with Gasteiger partial charge in [0.05, 0.1) is 23.3 Å². The van der Waals surface area contributed by atoms with Gasteiger partial charge in [-0.3, -0.25) is 9.20 Å². The van der Waals surface area contributed by atoms with E-state index in [-0.39, 0.29) is 18.2 Å². The Morgan fingerprint density at radius 2 is 1.79 bits per heavy atom. The number of aromatic nitrogens is 3. The van der Waals surface area contributed by atoms with Crippen molar-refractivity contribution in [2.75, 3.05) is 17.6 Å². The summed E-state index contributed by atoms with van der Waals surface area (Å²) >= 11 is 0. The number of amides is 1. The first-order chi connectivity index (χ1) is 16.4. The number of imidazole rings is 1. The first kappa shape index (κ1) is 22.1. The van der Waals surface area contributed by atoms with Crippen molar-refractivity contribution in [3.05, 3.63) is 72.6 Å². The number of rotatable bonds is 8. The number of hydrogen-bond donors (Lipinski definition) is 3. The third kappa shape index (κ3) is 4.92. The zero-order valence-electron chi connectivity index (χ0n) is 18.3. The van der Waals surface area contributed by atoms with Crippen LogP contribution < -0.4 is 15.8 Å². The van der Waals surface area contributed by atoms with Crippen LogP contribution in [0.3, 0.4) is 0 Å². The molecule has 1 amide bonds. The summed E-state index contributed by atoms with van der Waals surface area (Å²) in [6.07, 6.45) is 5.70. The predicted octanol–water partition coefficient (Wildman–Crippen LogP) is 2.66. The second-order valence-electron chi connectivity index (χ2n) is 8.30. The van der Waals surface area contributed by atoms with Gasteiger partial charge in [0, 0.05) is 35.5 Å². The summed E-state index contributed by atoms with van der Waals surface area (Å²) < 4.78 is 24.6. The molecule has 1 saturated carbocycles. The van der Waals surface area contributed by atoms with Crippen molar-refractivity contribution in [3.63, 3.8) is 0 Å². The summed E-state index contributed by atoms with van der Waals surface area (Å²) in [7, 11) is -3.61. The molecule has 174 valence electrons. The first-order valence-electron chi connectivity index (χ1n) is 11.0. The number of fused-ring (bicyclic) bond motifs is 1. The highest BCUT2D eigenvalue weighted by atomic mass is 32.2. The van der Waals surface area contributed by atoms with Crippen molar-refractivity contribution in [1.29, 1.82) is 0 Å². The lowest BCUT2D eigenvalue weighted by atomic mass is 10.1. The highest BCUT2D eigenvalue weighted by molar-refractivity contribution is 7.89. The molecule has 0 bridgehead atoms. The van der Waals surface area contributed by atoms with E-state index in [0.29, 0.717) is 28.8 Å². The Hall–Kier alpha value is -3.76. The van der Waals surface area contributed by atoms with Crippen molar-refractivity contribution >= 4 is 27.4 Å². The molecular weight excluding hydrogens is 452 g/mol. The van der Waals surface area contributed by atoms with Gasteiger partial charge in [0.2, 0.25) is 10.0 Å². The fraction of sp³-hybridized carbons (Fsp3) is 0.208. The molecule has 1 aliphatic carbocycles. The molecule has 1 aliphatic rings. The van der Waals surface area contributed by atoms with Crippen molar-refractivity contribution in [3.8, 4) is 22.5 Å². The Morgan fingerprint density at radius 1 is 1.06 bits per heavy atom. The molecule has 0 atom stereocenters. The number of benzene rings is 2. The van der Waals surface area contributed by atoms with Crippen LogP contribution in [-0.4, -0.2) is 47.0 Å². The molecule has 9 nitrogen and oxygen atoms in total. The van der Waals surface area contributed by atoms with Crippen molar-refractivity contribution in [1.82, 2.24) is 19.7 Å². The lowest BCUT2D eigenvalue weighted by molar-refractivity contribution is 0.0951. The quantitative estimate of drug-likeness (QED) is 0.358. The Labute approximate surface area is 197 Å². The van der Waals surface area contributed by atoms with Crippen LogP contribution in [0.25, 0.3) is 28.2 Å². The smallest absolute Gasteiger partial charge is 0.251 e. The molecule has 0 saturated heterocycles. The lowest BCUT2D eigenvalue weighted by Crippen LogP contribution is -2.25. The van der Waals surface area contributed by atoms with Crippen LogP contribution in [0.2, 0.25) is 0 Å². The number of hydrogen-bond acceptors (Lipinski definition) is 6. The second-order valence-corrected chi connectivity index (χ2v) is 10.0. The molecule has 2 aromatic heterocycles. The maximum Gasteiger partial charge on any atom is 0.251 e. The number of nitrogens with two attached hydrogens (primary N) is 1.